The molecule has 0 aliphatic carbocycles. The molecule has 0 fully saturated rings. The lowest BCUT2D eigenvalue weighted by molar-refractivity contribution is -0.129. The van der Waals surface area contributed by atoms with Gasteiger partial charge in [0.1, 0.15) is 0 Å². The number of hydrogen-bond acceptors (Lipinski definition) is 2. The van der Waals surface area contributed by atoms with Crippen LogP contribution >= 0.6 is 11.6 Å². The molecule has 2 aromatic carbocycles. The van der Waals surface area contributed by atoms with Gasteiger partial charge in [0.05, 0.1) is 17.3 Å². The average Bonchev–Trinajstić information content (AvgIpc) is 2.56. The molecule has 0 atom stereocenters. The number of halogens is 1. The predicted octanol–water partition coefficient (Wildman–Crippen LogP) is 3.76. The van der Waals surface area contributed by atoms with E-state index in [2.05, 4.69) is 5.32 Å². The lowest BCUT2D eigenvalue weighted by atomic mass is 10.1. The van der Waals surface area contributed by atoms with E-state index in [0.717, 1.165) is 11.1 Å². The molecule has 0 aromatic heterocycles. The van der Waals surface area contributed by atoms with Gasteiger partial charge in [-0.1, -0.05) is 53.6 Å². The molecule has 2 rings (SSSR count). The zero-order chi connectivity index (χ0) is 17.5. The fraction of sp³-hybridized carbons (Fsp3) is 0.158. The van der Waals surface area contributed by atoms with Crippen LogP contribution < -0.4 is 5.32 Å². The molecular weight excluding hydrogens is 324 g/mol. The Morgan fingerprint density at radius 2 is 1.79 bits per heavy atom. The monoisotopic (exact) mass is 342 g/mol. The molecule has 2 amide bonds. The van der Waals surface area contributed by atoms with Crippen molar-refractivity contribution in [3.63, 3.8) is 0 Å². The maximum Gasteiger partial charge on any atom is 0.246 e. The van der Waals surface area contributed by atoms with Crippen LogP contribution in [0, 0.1) is 6.92 Å². The molecule has 0 radical (unpaired) electrons. The molecule has 1 N–H and O–H groups in total. The highest BCUT2D eigenvalue weighted by atomic mass is 35.5. The first-order chi connectivity index (χ1) is 11.5. The zero-order valence-electron chi connectivity index (χ0n) is 13.6. The molecule has 0 heterocycles. The number of likely N-dealkylation sites (N-methyl/N-ethyl adjacent to an activating group) is 1. The molecule has 0 aliphatic heterocycles. The van der Waals surface area contributed by atoms with Gasteiger partial charge in [0.2, 0.25) is 11.8 Å². The van der Waals surface area contributed by atoms with E-state index in [4.69, 9.17) is 11.6 Å². The van der Waals surface area contributed by atoms with Crippen molar-refractivity contribution in [2.45, 2.75) is 6.92 Å². The fourth-order valence-corrected chi connectivity index (χ4v) is 2.20. The highest BCUT2D eigenvalue weighted by Gasteiger charge is 2.11. The lowest BCUT2D eigenvalue weighted by Gasteiger charge is -2.15. The predicted molar refractivity (Wildman–Crippen MR) is 97.9 cm³/mol. The summed E-state index contributed by atoms with van der Waals surface area (Å²) in [5, 5.41) is 3.14. The number of carbonyl (C=O) groups excluding carboxylic acids is 2. The maximum absolute atomic E-state index is 12.1. The minimum Gasteiger partial charge on any atom is -0.333 e. The van der Waals surface area contributed by atoms with Crippen molar-refractivity contribution in [1.82, 2.24) is 4.90 Å². The molecule has 0 saturated carbocycles. The second kappa shape index (κ2) is 8.31. The number of benzene rings is 2. The number of hydrogen-bond donors (Lipinski definition) is 1. The summed E-state index contributed by atoms with van der Waals surface area (Å²) in [6, 6.07) is 14.8. The Kier molecular flexibility index (Phi) is 6.15. The molecule has 0 spiro atoms. The second-order valence-corrected chi connectivity index (χ2v) is 5.87. The normalized spacial score (nSPS) is 10.6. The summed E-state index contributed by atoms with van der Waals surface area (Å²) in [4.78, 5) is 25.4. The Labute approximate surface area is 146 Å². The minimum absolute atomic E-state index is 0.0533. The lowest BCUT2D eigenvalue weighted by Crippen LogP contribution is -2.33. The summed E-state index contributed by atoms with van der Waals surface area (Å²) in [7, 11) is 1.58. The van der Waals surface area contributed by atoms with Crippen molar-refractivity contribution < 1.29 is 9.59 Å². The molecule has 0 aliphatic rings. The fourth-order valence-electron chi connectivity index (χ4n) is 2.02. The van der Waals surface area contributed by atoms with Crippen LogP contribution in [-0.2, 0) is 9.59 Å². The third-order valence-electron chi connectivity index (χ3n) is 3.40. The van der Waals surface area contributed by atoms with Crippen molar-refractivity contribution in [3.05, 3.63) is 70.8 Å². The molecule has 0 saturated heterocycles. The summed E-state index contributed by atoms with van der Waals surface area (Å²) in [6.45, 7) is 1.95. The van der Waals surface area contributed by atoms with Gasteiger partial charge in [-0.15, -0.1) is 0 Å². The third-order valence-corrected chi connectivity index (χ3v) is 3.73. The van der Waals surface area contributed by atoms with Crippen LogP contribution in [0.2, 0.25) is 5.02 Å². The van der Waals surface area contributed by atoms with Gasteiger partial charge < -0.3 is 10.2 Å². The van der Waals surface area contributed by atoms with E-state index >= 15 is 0 Å². The van der Waals surface area contributed by atoms with Gasteiger partial charge in [0.25, 0.3) is 0 Å². The van der Waals surface area contributed by atoms with Gasteiger partial charge in [0.15, 0.2) is 0 Å². The van der Waals surface area contributed by atoms with Crippen LogP contribution in [0.4, 0.5) is 5.69 Å². The number of amides is 2. The van der Waals surface area contributed by atoms with Crippen molar-refractivity contribution in [2.75, 3.05) is 18.9 Å². The first-order valence-electron chi connectivity index (χ1n) is 7.50. The largest absolute Gasteiger partial charge is 0.333 e. The van der Waals surface area contributed by atoms with Crippen molar-refractivity contribution in [1.29, 1.82) is 0 Å². The van der Waals surface area contributed by atoms with Crippen LogP contribution in [0.5, 0.6) is 0 Å². The van der Waals surface area contributed by atoms with Gasteiger partial charge in [-0.2, -0.15) is 0 Å². The SMILES string of the molecule is Cc1ccc(/C=C/C(=O)N(C)CC(=O)Nc2ccccc2Cl)cc1. The van der Waals surface area contributed by atoms with Crippen LogP contribution in [0.15, 0.2) is 54.6 Å². The number of anilines is 1. The Morgan fingerprint density at radius 1 is 1.12 bits per heavy atom. The summed E-state index contributed by atoms with van der Waals surface area (Å²) in [5.74, 6) is -0.549. The van der Waals surface area contributed by atoms with Crippen LogP contribution in [0.25, 0.3) is 6.08 Å². The Bertz CT molecular complexity index is 754. The van der Waals surface area contributed by atoms with Crippen molar-refractivity contribution >= 4 is 35.2 Å². The van der Waals surface area contributed by atoms with Crippen molar-refractivity contribution in [2.24, 2.45) is 0 Å². The van der Waals surface area contributed by atoms with E-state index in [-0.39, 0.29) is 18.4 Å². The standard InChI is InChI=1S/C19H19ClN2O2/c1-14-7-9-15(10-8-14)11-12-19(24)22(2)13-18(23)21-17-6-4-3-5-16(17)20/h3-12H,13H2,1-2H3,(H,21,23)/b12-11+. The molecule has 24 heavy (non-hydrogen) atoms. The van der Waals surface area contributed by atoms with Gasteiger partial charge in [0, 0.05) is 13.1 Å². The number of para-hydroxylation sites is 1. The summed E-state index contributed by atoms with van der Waals surface area (Å²) in [6.07, 6.45) is 3.18. The van der Waals surface area contributed by atoms with E-state index in [1.165, 1.54) is 11.0 Å². The van der Waals surface area contributed by atoms with E-state index in [9.17, 15) is 9.59 Å². The van der Waals surface area contributed by atoms with Crippen LogP contribution in [0.1, 0.15) is 11.1 Å². The van der Waals surface area contributed by atoms with Gasteiger partial charge in [-0.3, -0.25) is 9.59 Å². The number of carbonyl (C=O) groups is 2. The Hall–Kier alpha value is -2.59. The summed E-state index contributed by atoms with van der Waals surface area (Å²) < 4.78 is 0. The molecule has 5 heteroatoms. The topological polar surface area (TPSA) is 49.4 Å². The summed E-state index contributed by atoms with van der Waals surface area (Å²) in [5.41, 5.74) is 2.62. The van der Waals surface area contributed by atoms with E-state index in [1.54, 1.807) is 37.4 Å². The zero-order valence-corrected chi connectivity index (χ0v) is 14.4. The summed E-state index contributed by atoms with van der Waals surface area (Å²) >= 11 is 5.99. The van der Waals surface area contributed by atoms with Crippen molar-refractivity contribution in [3.8, 4) is 0 Å². The smallest absolute Gasteiger partial charge is 0.246 e. The van der Waals surface area contributed by atoms with E-state index in [0.29, 0.717) is 10.7 Å². The molecule has 0 unspecified atom stereocenters. The average molecular weight is 343 g/mol. The number of aryl methyl sites for hydroxylation is 1. The highest BCUT2D eigenvalue weighted by molar-refractivity contribution is 6.33. The molecule has 0 bridgehead atoms. The molecular formula is C19H19ClN2O2. The third kappa shape index (κ3) is 5.25. The maximum atomic E-state index is 12.1. The van der Waals surface area contributed by atoms with Gasteiger partial charge >= 0.3 is 0 Å². The quantitative estimate of drug-likeness (QED) is 0.841. The molecule has 4 nitrogen and oxygen atoms in total. The number of nitrogens with one attached hydrogen (secondary N) is 1. The number of nitrogens with zero attached hydrogens (tertiary/aromatic N) is 1. The highest BCUT2D eigenvalue weighted by Crippen LogP contribution is 2.20. The van der Waals surface area contributed by atoms with E-state index in [1.807, 2.05) is 31.2 Å². The molecule has 2 aromatic rings. The first-order valence-corrected chi connectivity index (χ1v) is 7.88. The second-order valence-electron chi connectivity index (χ2n) is 5.47. The first kappa shape index (κ1) is 17.8. The molecule has 124 valence electrons. The number of rotatable bonds is 5. The van der Waals surface area contributed by atoms with Crippen LogP contribution in [-0.4, -0.2) is 30.3 Å². The Balaban J connectivity index is 1.90. The minimum atomic E-state index is -0.303. The van der Waals surface area contributed by atoms with Gasteiger partial charge in [-0.05, 0) is 30.7 Å². The van der Waals surface area contributed by atoms with Gasteiger partial charge in [-0.25, -0.2) is 0 Å². The van der Waals surface area contributed by atoms with Crippen LogP contribution in [0.3, 0.4) is 0 Å². The Morgan fingerprint density at radius 3 is 2.46 bits per heavy atom. The van der Waals surface area contributed by atoms with E-state index < -0.39 is 0 Å².